The fraction of sp³-hybridized carbons (Fsp3) is 0.581. The Bertz CT molecular complexity index is 4230. The minimum absolute atomic E-state index is 0.00395. The number of hydrogen-bond acceptors (Lipinski definition) is 20. The molecule has 2 aromatic carbocycles. The van der Waals surface area contributed by atoms with Crippen LogP contribution in [0.15, 0.2) is 64.2 Å². The SMILES string of the molecule is CCC(C)(C)[C@H](NC(=O)[C@H](NC(=O)[C@H]1CCCN1C(=O)[C@H](Cc1ccc(Br)cc1)NC(=O)[C@@H](C)NC=O)C(C)C)C(=O)N[C@H](Cc1c[nH]c2ccccc12)C(=O)N[C@@H](CCCN=C(N)N)C(=O)N[C@H](CS(=O)(=O)O)C(=O)N[C@@H]1C(=O)N(C)[C@@H](CCC(N)=O)C(=O)N[C@H](C(C)C)C(=O)N2CCC[C@H]2C(=O)N[C@H](CC(=O)O)C(=O)O[C@@H]1C. The number of guanidine groups is 1. The van der Waals surface area contributed by atoms with Crippen LogP contribution in [0, 0.1) is 17.3 Å². The molecule has 4 heterocycles. The van der Waals surface area contributed by atoms with Gasteiger partial charge >= 0.3 is 11.9 Å². The van der Waals surface area contributed by atoms with Crippen LogP contribution in [-0.4, -0.2) is 256 Å². The Morgan fingerprint density at radius 3 is 2.02 bits per heavy atom. The average molecular weight is 1700 g/mol. The first-order chi connectivity index (χ1) is 54.0. The lowest BCUT2D eigenvalue weighted by molar-refractivity contribution is -0.161. The summed E-state index contributed by atoms with van der Waals surface area (Å²) in [5, 5.41) is 35.8. The summed E-state index contributed by atoms with van der Waals surface area (Å²) < 4.78 is 42.8. The normalized spacial score (nSPS) is 21.0. The number of primary amides is 1. The van der Waals surface area contributed by atoms with Gasteiger partial charge in [0.1, 0.15) is 90.4 Å². The van der Waals surface area contributed by atoms with E-state index in [1.165, 1.54) is 11.8 Å². The van der Waals surface area contributed by atoms with Gasteiger partial charge in [-0.05, 0) is 112 Å². The van der Waals surface area contributed by atoms with Crippen molar-refractivity contribution in [3.8, 4) is 0 Å². The summed E-state index contributed by atoms with van der Waals surface area (Å²) in [6, 6.07) is -7.37. The first kappa shape index (κ1) is 93.0. The number of cyclic esters (lactones) is 1. The topological polar surface area (TPSA) is 593 Å². The highest BCUT2D eigenvalue weighted by atomic mass is 79.9. The number of esters is 1. The first-order valence-corrected chi connectivity index (χ1v) is 40.2. The molecule has 39 nitrogen and oxygen atoms in total. The maximum Gasteiger partial charge on any atom is 0.329 e. The predicted molar refractivity (Wildman–Crippen MR) is 418 cm³/mol. The van der Waals surface area contributed by atoms with E-state index in [1.807, 2.05) is 0 Å². The Morgan fingerprint density at radius 1 is 0.765 bits per heavy atom. The number of aliphatic imine (C=N–C) groups is 1. The number of likely N-dealkylation sites (tertiary alicyclic amines) is 1. The van der Waals surface area contributed by atoms with Gasteiger partial charge in [0.05, 0.1) is 6.42 Å². The van der Waals surface area contributed by atoms with Gasteiger partial charge < -0.3 is 99.9 Å². The van der Waals surface area contributed by atoms with Crippen LogP contribution in [0.2, 0.25) is 0 Å². The van der Waals surface area contributed by atoms with E-state index in [0.29, 0.717) is 39.8 Å². The van der Waals surface area contributed by atoms with Gasteiger partial charge in [0.15, 0.2) is 5.96 Å². The number of carbonyl (C=O) groups excluding carboxylic acids is 15. The predicted octanol–water partition coefficient (Wildman–Crippen LogP) is -2.60. The average Bonchev–Trinajstić information content (AvgIpc) is 1.78. The molecule has 3 aliphatic heterocycles. The zero-order valence-corrected chi connectivity index (χ0v) is 68.2. The highest BCUT2D eigenvalue weighted by Crippen LogP contribution is 2.29. The molecule has 14 amide bonds. The number of carbonyl (C=O) groups is 16. The number of halogens is 1. The van der Waals surface area contributed by atoms with Gasteiger partial charge in [0, 0.05) is 67.5 Å². The van der Waals surface area contributed by atoms with Gasteiger partial charge in [-0.3, -0.25) is 81.5 Å². The number of ether oxygens (including phenoxy) is 1. The molecule has 0 aliphatic carbocycles. The molecule has 3 aromatic rings. The summed E-state index contributed by atoms with van der Waals surface area (Å²) in [7, 11) is -4.39. The number of H-pyrrole nitrogens is 1. The fourth-order valence-electron chi connectivity index (χ4n) is 13.6. The molecule has 14 atom stereocenters. The molecule has 0 saturated carbocycles. The maximum absolute atomic E-state index is 15.3. The third-order valence-corrected chi connectivity index (χ3v) is 21.8. The van der Waals surface area contributed by atoms with Gasteiger partial charge in [-0.25, -0.2) is 4.79 Å². The van der Waals surface area contributed by atoms with Crippen LogP contribution in [0.5, 0.6) is 0 Å². The van der Waals surface area contributed by atoms with Crippen molar-refractivity contribution < 1.29 is 99.5 Å². The van der Waals surface area contributed by atoms with Crippen molar-refractivity contribution in [2.45, 2.75) is 224 Å². The molecule has 6 rings (SSSR count). The minimum atomic E-state index is -5.41. The number of rotatable bonds is 36. The van der Waals surface area contributed by atoms with Crippen molar-refractivity contribution in [1.29, 1.82) is 0 Å². The van der Waals surface area contributed by atoms with E-state index in [4.69, 9.17) is 21.9 Å². The van der Waals surface area contributed by atoms with Gasteiger partial charge in [-0.1, -0.05) is 94.7 Å². The molecule has 1 aromatic heterocycles. The van der Waals surface area contributed by atoms with Crippen molar-refractivity contribution >= 4 is 138 Å². The van der Waals surface area contributed by atoms with Gasteiger partial charge in [0.2, 0.25) is 83.2 Å². The van der Waals surface area contributed by atoms with Crippen molar-refractivity contribution in [3.05, 3.63) is 70.3 Å². The smallest absolute Gasteiger partial charge is 0.329 e. The maximum atomic E-state index is 15.3. The lowest BCUT2D eigenvalue weighted by atomic mass is 9.80. The number of para-hydroxylation sites is 1. The third kappa shape index (κ3) is 26.3. The summed E-state index contributed by atoms with van der Waals surface area (Å²) >= 11 is 3.39. The van der Waals surface area contributed by atoms with Crippen LogP contribution in [-0.2, 0) is 104 Å². The lowest BCUT2D eigenvalue weighted by Crippen LogP contribution is -2.64. The number of fused-ring (bicyclic) bond motifs is 2. The highest BCUT2D eigenvalue weighted by molar-refractivity contribution is 9.10. The fourth-order valence-corrected chi connectivity index (χ4v) is 14.5. The van der Waals surface area contributed by atoms with E-state index >= 15 is 19.2 Å². The first-order valence-electron chi connectivity index (χ1n) is 37.8. The zero-order valence-electron chi connectivity index (χ0n) is 65.8. The molecule has 115 heavy (non-hydrogen) atoms. The molecule has 3 aliphatic rings. The Kier molecular flexibility index (Phi) is 34.0. The van der Waals surface area contributed by atoms with Crippen molar-refractivity contribution in [2.24, 2.45) is 39.4 Å². The summed E-state index contributed by atoms with van der Waals surface area (Å²) in [5.74, 6) is -19.8. The van der Waals surface area contributed by atoms with E-state index in [2.05, 4.69) is 79.1 Å². The number of nitrogens with one attached hydrogen (secondary N) is 11. The quantitative estimate of drug-likeness (QED) is 0.00709. The summed E-state index contributed by atoms with van der Waals surface area (Å²) in [6.07, 6.45) is -2.36. The number of carboxylic acid groups (broad SMARTS) is 1. The van der Waals surface area contributed by atoms with E-state index < -0.39 is 238 Å². The molecular formula is C74H107BrN18O21S. The van der Waals surface area contributed by atoms with Gasteiger partial charge in [0.25, 0.3) is 10.1 Å². The number of carboxylic acids is 1. The van der Waals surface area contributed by atoms with Crippen LogP contribution in [0.4, 0.5) is 0 Å². The van der Waals surface area contributed by atoms with Crippen molar-refractivity contribution in [3.63, 3.8) is 0 Å². The van der Waals surface area contributed by atoms with Crippen LogP contribution in [0.3, 0.4) is 0 Å². The molecule has 0 unspecified atom stereocenters. The molecule has 19 N–H and O–H groups in total. The Morgan fingerprint density at radius 2 is 1.40 bits per heavy atom. The zero-order chi connectivity index (χ0) is 85.7. The minimum Gasteiger partial charge on any atom is -0.481 e. The van der Waals surface area contributed by atoms with E-state index in [-0.39, 0.29) is 64.6 Å². The largest absolute Gasteiger partial charge is 0.481 e. The molecular weight excluding hydrogens is 1590 g/mol. The number of amides is 14. The third-order valence-electron chi connectivity index (χ3n) is 20.5. The van der Waals surface area contributed by atoms with Crippen molar-refractivity contribution in [1.82, 2.24) is 72.9 Å². The Labute approximate surface area is 673 Å². The van der Waals surface area contributed by atoms with Crippen LogP contribution in [0.25, 0.3) is 10.9 Å². The standard InChI is InChI=1S/C74H107BrN18O21S/c1-11-74(8,9)59(90-67(105)56(37(2)3)87-66(104)53-21-15-29-92(53)69(107)48(84-60(98)39(6)81-36-94)31-41-22-24-43(75)25-23-41)68(106)83-47(32-42-34-80-45-18-13-12-17-44(42)45)62(100)82-46(19-14-28-79-73(77)78)61(99)86-50(35-115(111,112)113)63(101)89-58-40(7)114-72(110)49(33-55(96)97)85-65(103)52-20-16-30-93(52)71(109)57(38(4)5)88-64(102)51(26-27-54(76)95)91(10)70(58)108/h12-13,17-18,22-25,34,36-40,46-53,56-59,80H,11,14-16,19-21,26-33,35H2,1-10H3,(H2,76,95)(H,81,94)(H,82,100)(H,83,106)(H,84,98)(H,85,103)(H,86,99)(H,87,104)(H,88,102)(H,89,101)(H,90,105)(H,96,97)(H4,77,78,79)(H,111,112,113)/t39-,40-,46+,47-,48+,49-,50-,51+,52+,53-,56-,57-,58+,59-/m1/s1. The van der Waals surface area contributed by atoms with Crippen LogP contribution in [0.1, 0.15) is 138 Å². The molecule has 41 heteroatoms. The molecule has 0 bridgehead atoms. The van der Waals surface area contributed by atoms with Gasteiger partial charge in [-0.2, -0.15) is 8.42 Å². The van der Waals surface area contributed by atoms with Crippen molar-refractivity contribution in [2.75, 3.05) is 32.4 Å². The molecule has 0 spiro atoms. The summed E-state index contributed by atoms with van der Waals surface area (Å²) in [6.45, 7) is 13.7. The monoisotopic (exact) mass is 1690 g/mol. The number of aliphatic carboxylic acids is 1. The van der Waals surface area contributed by atoms with E-state index in [1.54, 1.807) is 103 Å². The number of nitrogens with two attached hydrogens (primary N) is 3. The number of aromatic amines is 1. The second kappa shape index (κ2) is 42.0. The summed E-state index contributed by atoms with van der Waals surface area (Å²) in [4.78, 5) is 236. The Balaban J connectivity index is 1.34. The second-order valence-electron chi connectivity index (χ2n) is 30.2. The lowest BCUT2D eigenvalue weighted by Gasteiger charge is -2.36. The number of likely N-dealkylation sites (N-methyl/N-ethyl adjacent to an activating group) is 1. The number of nitrogens with zero attached hydrogens (tertiary/aromatic N) is 4. The molecule has 3 saturated heterocycles. The molecule has 0 radical (unpaired) electrons. The summed E-state index contributed by atoms with van der Waals surface area (Å²) in [5.41, 5.74) is 17.3. The molecule has 632 valence electrons. The Hall–Kier alpha value is -10.8. The van der Waals surface area contributed by atoms with Crippen LogP contribution >= 0.6 is 15.9 Å². The number of benzene rings is 2. The second-order valence-corrected chi connectivity index (χ2v) is 32.6. The van der Waals surface area contributed by atoms with E-state index in [9.17, 15) is 75.6 Å². The van der Waals surface area contributed by atoms with E-state index in [0.717, 1.165) is 23.3 Å². The number of hydrogen-bond donors (Lipinski definition) is 16. The molecule has 3 fully saturated rings. The number of aromatic nitrogens is 1. The van der Waals surface area contributed by atoms with Crippen LogP contribution < -0.4 is 70.4 Å². The van der Waals surface area contributed by atoms with Gasteiger partial charge in [-0.15, -0.1) is 0 Å². The highest BCUT2D eigenvalue weighted by Gasteiger charge is 2.47.